The van der Waals surface area contributed by atoms with Gasteiger partial charge in [-0.05, 0) is 30.7 Å². The third-order valence-corrected chi connectivity index (χ3v) is 5.10. The predicted molar refractivity (Wildman–Crippen MR) is 88.6 cm³/mol. The molecular weight excluding hydrogens is 308 g/mol. The Kier molecular flexibility index (Phi) is 5.04. The number of carboxylic acid groups (broad SMARTS) is 1. The minimum Gasteiger partial charge on any atom is -0.465 e. The fraction of sp³-hybridized carbons (Fsp3) is 0.556. The molecule has 24 heavy (non-hydrogen) atoms. The van der Waals surface area contributed by atoms with Crippen LogP contribution >= 0.6 is 0 Å². The smallest absolute Gasteiger partial charge is 0.408 e. The molecule has 2 aliphatic rings. The zero-order chi connectivity index (χ0) is 17.1. The van der Waals surface area contributed by atoms with Crippen LogP contribution in [0.25, 0.3) is 0 Å². The molecule has 130 valence electrons. The molecule has 0 aliphatic carbocycles. The van der Waals surface area contributed by atoms with Crippen LogP contribution < -0.4 is 0 Å². The van der Waals surface area contributed by atoms with E-state index >= 15 is 0 Å². The van der Waals surface area contributed by atoms with Crippen molar-refractivity contribution >= 4 is 12.0 Å². The molecule has 1 aromatic rings. The summed E-state index contributed by atoms with van der Waals surface area (Å²) in [4.78, 5) is 26.7. The number of rotatable bonds is 3. The van der Waals surface area contributed by atoms with Crippen LogP contribution in [0.3, 0.4) is 0 Å². The van der Waals surface area contributed by atoms with Crippen LogP contribution in [0.2, 0.25) is 0 Å². The van der Waals surface area contributed by atoms with E-state index in [1.54, 1.807) is 4.90 Å². The van der Waals surface area contributed by atoms with Crippen molar-refractivity contribution in [2.45, 2.75) is 37.8 Å². The summed E-state index contributed by atoms with van der Waals surface area (Å²) in [7, 11) is 0. The summed E-state index contributed by atoms with van der Waals surface area (Å²) in [5, 5.41) is 18.9. The van der Waals surface area contributed by atoms with E-state index in [1.807, 2.05) is 18.2 Å². The molecule has 2 fully saturated rings. The first-order valence-corrected chi connectivity index (χ1v) is 8.55. The summed E-state index contributed by atoms with van der Waals surface area (Å²) in [6.45, 7) is 1.35. The monoisotopic (exact) mass is 332 g/mol. The SMILES string of the molecule is O=C([C@@H]1C[C@@H](O)CN1C(=O)O)N1CCC(Cc2ccccc2)CC1. The van der Waals surface area contributed by atoms with Gasteiger partial charge in [-0.15, -0.1) is 0 Å². The Balaban J connectivity index is 1.54. The maximum Gasteiger partial charge on any atom is 0.408 e. The standard InChI is InChI=1S/C18H24N2O4/c21-15-11-16(20(12-15)18(23)24)17(22)19-8-6-14(7-9-19)10-13-4-2-1-3-5-13/h1-5,14-16,21H,6-12H2,(H,23,24)/t15-,16+/m1/s1. The van der Waals surface area contributed by atoms with Gasteiger partial charge in [0, 0.05) is 19.5 Å². The second-order valence-corrected chi connectivity index (χ2v) is 6.80. The van der Waals surface area contributed by atoms with Crippen molar-refractivity contribution < 1.29 is 19.8 Å². The van der Waals surface area contributed by atoms with E-state index in [2.05, 4.69) is 12.1 Å². The van der Waals surface area contributed by atoms with E-state index in [9.17, 15) is 19.8 Å². The molecule has 0 saturated carbocycles. The van der Waals surface area contributed by atoms with Crippen molar-refractivity contribution in [3.63, 3.8) is 0 Å². The molecule has 2 amide bonds. The number of piperidine rings is 1. The van der Waals surface area contributed by atoms with Gasteiger partial charge in [0.1, 0.15) is 6.04 Å². The first-order valence-electron chi connectivity index (χ1n) is 8.55. The van der Waals surface area contributed by atoms with Gasteiger partial charge in [0.25, 0.3) is 0 Å². The minimum absolute atomic E-state index is 0.0240. The van der Waals surface area contributed by atoms with Crippen molar-refractivity contribution in [3.8, 4) is 0 Å². The van der Waals surface area contributed by atoms with Gasteiger partial charge in [-0.1, -0.05) is 30.3 Å². The van der Waals surface area contributed by atoms with Crippen molar-refractivity contribution in [2.24, 2.45) is 5.92 Å². The molecule has 0 unspecified atom stereocenters. The van der Waals surface area contributed by atoms with E-state index in [1.165, 1.54) is 5.56 Å². The van der Waals surface area contributed by atoms with E-state index in [-0.39, 0.29) is 18.9 Å². The maximum absolute atomic E-state index is 12.6. The predicted octanol–water partition coefficient (Wildman–Crippen LogP) is 1.58. The molecule has 2 aliphatic heterocycles. The highest BCUT2D eigenvalue weighted by atomic mass is 16.4. The normalized spacial score (nSPS) is 25.0. The Bertz CT molecular complexity index is 584. The average Bonchev–Trinajstić information content (AvgIpc) is 2.98. The summed E-state index contributed by atoms with van der Waals surface area (Å²) in [5.41, 5.74) is 1.32. The molecule has 0 bridgehead atoms. The summed E-state index contributed by atoms with van der Waals surface area (Å²) in [6.07, 6.45) is 1.21. The van der Waals surface area contributed by atoms with Crippen molar-refractivity contribution in [2.75, 3.05) is 19.6 Å². The maximum atomic E-state index is 12.6. The molecule has 2 heterocycles. The van der Waals surface area contributed by atoms with Gasteiger partial charge in [0.05, 0.1) is 12.6 Å². The molecule has 0 aromatic heterocycles. The lowest BCUT2D eigenvalue weighted by Crippen LogP contribution is -2.49. The van der Waals surface area contributed by atoms with Gasteiger partial charge in [-0.3, -0.25) is 9.69 Å². The molecule has 2 saturated heterocycles. The van der Waals surface area contributed by atoms with Crippen LogP contribution in [0, 0.1) is 5.92 Å². The Morgan fingerprint density at radius 2 is 1.79 bits per heavy atom. The number of hydrogen-bond acceptors (Lipinski definition) is 3. The number of β-amino-alcohol motifs (C(OH)–C–C–N with tert-alkyl or cyclic N) is 1. The highest BCUT2D eigenvalue weighted by Gasteiger charge is 2.41. The van der Waals surface area contributed by atoms with Crippen molar-refractivity contribution in [1.29, 1.82) is 0 Å². The molecule has 2 atom stereocenters. The van der Waals surface area contributed by atoms with Crippen LogP contribution in [-0.2, 0) is 11.2 Å². The second-order valence-electron chi connectivity index (χ2n) is 6.80. The number of carbonyl (C=O) groups excluding carboxylic acids is 1. The lowest BCUT2D eigenvalue weighted by atomic mass is 9.90. The topological polar surface area (TPSA) is 81.1 Å². The second kappa shape index (κ2) is 7.21. The number of aliphatic hydroxyl groups excluding tert-OH is 1. The average molecular weight is 332 g/mol. The zero-order valence-electron chi connectivity index (χ0n) is 13.7. The first-order chi connectivity index (χ1) is 11.5. The molecule has 0 spiro atoms. The summed E-state index contributed by atoms with van der Waals surface area (Å²) in [5.74, 6) is 0.397. The minimum atomic E-state index is -1.14. The fourth-order valence-electron chi connectivity index (χ4n) is 3.77. The largest absolute Gasteiger partial charge is 0.465 e. The molecule has 1 aromatic carbocycles. The fourth-order valence-corrected chi connectivity index (χ4v) is 3.77. The van der Waals surface area contributed by atoms with E-state index in [0.717, 1.165) is 24.2 Å². The Morgan fingerprint density at radius 1 is 1.12 bits per heavy atom. The quantitative estimate of drug-likeness (QED) is 0.880. The molecular formula is C18H24N2O4. The van der Waals surface area contributed by atoms with Gasteiger partial charge < -0.3 is 15.1 Å². The zero-order valence-corrected chi connectivity index (χ0v) is 13.7. The lowest BCUT2D eigenvalue weighted by molar-refractivity contribution is -0.137. The molecule has 6 nitrogen and oxygen atoms in total. The number of nitrogens with zero attached hydrogens (tertiary/aromatic N) is 2. The Morgan fingerprint density at radius 3 is 2.42 bits per heavy atom. The number of aliphatic hydroxyl groups is 1. The molecule has 0 radical (unpaired) electrons. The van der Waals surface area contributed by atoms with Crippen molar-refractivity contribution in [3.05, 3.63) is 35.9 Å². The molecule has 6 heteroatoms. The van der Waals surface area contributed by atoms with Gasteiger partial charge in [0.2, 0.25) is 5.91 Å². The van der Waals surface area contributed by atoms with Crippen molar-refractivity contribution in [1.82, 2.24) is 9.80 Å². The van der Waals surface area contributed by atoms with Crippen LogP contribution in [0.5, 0.6) is 0 Å². The Labute approximate surface area is 141 Å². The van der Waals surface area contributed by atoms with Crippen LogP contribution in [-0.4, -0.2) is 63.8 Å². The van der Waals surface area contributed by atoms with E-state index in [4.69, 9.17) is 0 Å². The first kappa shape index (κ1) is 16.8. The van der Waals surface area contributed by atoms with Gasteiger partial charge in [-0.25, -0.2) is 4.79 Å². The van der Waals surface area contributed by atoms with Gasteiger partial charge in [-0.2, -0.15) is 0 Å². The summed E-state index contributed by atoms with van der Waals surface area (Å²) < 4.78 is 0. The number of hydrogen-bond donors (Lipinski definition) is 2. The molecule has 3 rings (SSSR count). The number of amides is 2. The lowest BCUT2D eigenvalue weighted by Gasteiger charge is -2.35. The number of likely N-dealkylation sites (tertiary alicyclic amines) is 2. The van der Waals surface area contributed by atoms with Gasteiger partial charge >= 0.3 is 6.09 Å². The van der Waals surface area contributed by atoms with E-state index in [0.29, 0.717) is 19.0 Å². The van der Waals surface area contributed by atoms with E-state index < -0.39 is 18.2 Å². The summed E-state index contributed by atoms with van der Waals surface area (Å²) >= 11 is 0. The third-order valence-electron chi connectivity index (χ3n) is 5.10. The number of benzene rings is 1. The van der Waals surface area contributed by atoms with Crippen LogP contribution in [0.15, 0.2) is 30.3 Å². The third kappa shape index (κ3) is 3.70. The van der Waals surface area contributed by atoms with Crippen LogP contribution in [0.1, 0.15) is 24.8 Å². The summed E-state index contributed by atoms with van der Waals surface area (Å²) in [6, 6.07) is 9.61. The highest BCUT2D eigenvalue weighted by molar-refractivity contribution is 5.86. The Hall–Kier alpha value is -2.08. The van der Waals surface area contributed by atoms with Gasteiger partial charge in [0.15, 0.2) is 0 Å². The van der Waals surface area contributed by atoms with Crippen LogP contribution in [0.4, 0.5) is 4.79 Å². The molecule has 2 N–H and O–H groups in total. The highest BCUT2D eigenvalue weighted by Crippen LogP contribution is 2.25. The number of carbonyl (C=O) groups is 2.